The predicted octanol–water partition coefficient (Wildman–Crippen LogP) is 3.41. The normalized spacial score (nSPS) is 17.6. The highest BCUT2D eigenvalue weighted by Gasteiger charge is 2.28. The first-order valence-corrected chi connectivity index (χ1v) is 5.94. The van der Waals surface area contributed by atoms with Crippen LogP contribution in [0.25, 0.3) is 0 Å². The molecule has 0 radical (unpaired) electrons. The van der Waals surface area contributed by atoms with Gasteiger partial charge in [0.25, 0.3) is 5.91 Å². The Bertz CT molecular complexity index is 595. The summed E-state index contributed by atoms with van der Waals surface area (Å²) in [6, 6.07) is 14.4. The Kier molecular flexibility index (Phi) is 2.68. The van der Waals surface area contributed by atoms with Crippen molar-refractivity contribution in [1.82, 2.24) is 0 Å². The third-order valence-electron chi connectivity index (χ3n) is 2.80. The van der Waals surface area contributed by atoms with E-state index in [0.29, 0.717) is 16.5 Å². The molecule has 1 N–H and O–H groups in total. The summed E-state index contributed by atoms with van der Waals surface area (Å²) in [6.45, 7) is 0. The lowest BCUT2D eigenvalue weighted by molar-refractivity contribution is -0.123. The zero-order valence-electron chi connectivity index (χ0n) is 9.39. The van der Waals surface area contributed by atoms with Crippen LogP contribution in [0.4, 0.5) is 5.69 Å². The second-order valence-corrected chi connectivity index (χ2v) is 4.47. The van der Waals surface area contributed by atoms with Crippen molar-refractivity contribution < 1.29 is 9.53 Å². The van der Waals surface area contributed by atoms with Crippen molar-refractivity contribution in [2.24, 2.45) is 0 Å². The van der Waals surface area contributed by atoms with Gasteiger partial charge in [0, 0.05) is 10.6 Å². The van der Waals surface area contributed by atoms with Gasteiger partial charge in [-0.25, -0.2) is 0 Å². The van der Waals surface area contributed by atoms with Crippen LogP contribution >= 0.6 is 11.6 Å². The number of halogens is 1. The fourth-order valence-corrected chi connectivity index (χ4v) is 2.03. The van der Waals surface area contributed by atoms with Crippen LogP contribution in [0.1, 0.15) is 11.7 Å². The SMILES string of the molecule is O=C1Nc2ccccc2OC1c1ccc(Cl)cc1. The van der Waals surface area contributed by atoms with Gasteiger partial charge in [-0.2, -0.15) is 0 Å². The van der Waals surface area contributed by atoms with Gasteiger partial charge in [-0.05, 0) is 24.3 Å². The smallest absolute Gasteiger partial charge is 0.270 e. The number of hydrogen-bond donors (Lipinski definition) is 1. The highest BCUT2D eigenvalue weighted by atomic mass is 35.5. The Morgan fingerprint density at radius 3 is 2.56 bits per heavy atom. The van der Waals surface area contributed by atoms with Crippen molar-refractivity contribution in [3.05, 3.63) is 59.1 Å². The number of carbonyl (C=O) groups is 1. The van der Waals surface area contributed by atoms with E-state index >= 15 is 0 Å². The van der Waals surface area contributed by atoms with Gasteiger partial charge in [0.05, 0.1) is 5.69 Å². The quantitative estimate of drug-likeness (QED) is 0.852. The molecule has 2 aromatic carbocycles. The van der Waals surface area contributed by atoms with E-state index in [9.17, 15) is 4.79 Å². The topological polar surface area (TPSA) is 38.3 Å². The molecule has 0 aliphatic carbocycles. The molecule has 1 unspecified atom stereocenters. The molecule has 90 valence electrons. The molecule has 0 bridgehead atoms. The number of ether oxygens (including phenoxy) is 1. The van der Waals surface area contributed by atoms with Crippen LogP contribution in [0.15, 0.2) is 48.5 Å². The molecule has 2 aromatic rings. The third kappa shape index (κ3) is 1.93. The summed E-state index contributed by atoms with van der Waals surface area (Å²) in [5.41, 5.74) is 1.49. The van der Waals surface area contributed by atoms with Crippen molar-refractivity contribution >= 4 is 23.2 Å². The molecule has 0 aromatic heterocycles. The summed E-state index contributed by atoms with van der Waals surface area (Å²) in [6.07, 6.45) is -0.628. The van der Waals surface area contributed by atoms with Gasteiger partial charge >= 0.3 is 0 Å². The molecule has 0 fully saturated rings. The number of amides is 1. The number of para-hydroxylation sites is 2. The van der Waals surface area contributed by atoms with E-state index in [4.69, 9.17) is 16.3 Å². The maximum atomic E-state index is 12.0. The van der Waals surface area contributed by atoms with Crippen LogP contribution in [-0.4, -0.2) is 5.91 Å². The summed E-state index contributed by atoms with van der Waals surface area (Å²) in [4.78, 5) is 12.0. The molecule has 0 spiro atoms. The Balaban J connectivity index is 1.95. The number of nitrogens with one attached hydrogen (secondary N) is 1. The zero-order chi connectivity index (χ0) is 12.5. The highest BCUT2D eigenvalue weighted by molar-refractivity contribution is 6.30. The second-order valence-electron chi connectivity index (χ2n) is 4.03. The van der Waals surface area contributed by atoms with E-state index in [1.807, 2.05) is 24.3 Å². The van der Waals surface area contributed by atoms with Crippen LogP contribution in [0.2, 0.25) is 5.02 Å². The lowest BCUT2D eigenvalue weighted by Crippen LogP contribution is -2.29. The number of fused-ring (bicyclic) bond motifs is 1. The van der Waals surface area contributed by atoms with Crippen molar-refractivity contribution in [1.29, 1.82) is 0 Å². The zero-order valence-corrected chi connectivity index (χ0v) is 10.1. The number of rotatable bonds is 1. The number of benzene rings is 2. The van der Waals surface area contributed by atoms with Gasteiger partial charge in [-0.15, -0.1) is 0 Å². The maximum absolute atomic E-state index is 12.0. The van der Waals surface area contributed by atoms with E-state index in [0.717, 1.165) is 5.56 Å². The van der Waals surface area contributed by atoms with Crippen molar-refractivity contribution in [2.75, 3.05) is 5.32 Å². The minimum absolute atomic E-state index is 0.170. The minimum Gasteiger partial charge on any atom is -0.474 e. The molecule has 3 rings (SSSR count). The largest absolute Gasteiger partial charge is 0.474 e. The predicted molar refractivity (Wildman–Crippen MR) is 69.9 cm³/mol. The summed E-state index contributed by atoms with van der Waals surface area (Å²) >= 11 is 5.83. The number of carbonyl (C=O) groups excluding carboxylic acids is 1. The van der Waals surface area contributed by atoms with Gasteiger partial charge in [0.2, 0.25) is 6.10 Å². The Labute approximate surface area is 109 Å². The lowest BCUT2D eigenvalue weighted by atomic mass is 10.1. The lowest BCUT2D eigenvalue weighted by Gasteiger charge is -2.25. The van der Waals surface area contributed by atoms with Crippen LogP contribution in [0, 0.1) is 0 Å². The van der Waals surface area contributed by atoms with Gasteiger partial charge in [0.15, 0.2) is 0 Å². The van der Waals surface area contributed by atoms with Crippen molar-refractivity contribution in [3.8, 4) is 5.75 Å². The van der Waals surface area contributed by atoms with Crippen molar-refractivity contribution in [3.63, 3.8) is 0 Å². The van der Waals surface area contributed by atoms with E-state index < -0.39 is 6.10 Å². The fraction of sp³-hybridized carbons (Fsp3) is 0.0714. The molecule has 1 aliphatic heterocycles. The van der Waals surface area contributed by atoms with E-state index in [-0.39, 0.29) is 5.91 Å². The van der Waals surface area contributed by atoms with Crippen LogP contribution < -0.4 is 10.1 Å². The molecule has 1 amide bonds. The summed E-state index contributed by atoms with van der Waals surface area (Å²) in [5, 5.41) is 3.46. The number of anilines is 1. The Hall–Kier alpha value is -2.00. The first-order chi connectivity index (χ1) is 8.74. The van der Waals surface area contributed by atoms with Crippen LogP contribution in [-0.2, 0) is 4.79 Å². The Morgan fingerprint density at radius 1 is 1.06 bits per heavy atom. The standard InChI is InChI=1S/C14H10ClNO2/c15-10-7-5-9(6-8-10)13-14(17)16-11-3-1-2-4-12(11)18-13/h1-8,13H,(H,16,17). The van der Waals surface area contributed by atoms with E-state index in [1.165, 1.54) is 0 Å². The van der Waals surface area contributed by atoms with Gasteiger partial charge in [0.1, 0.15) is 5.75 Å². The van der Waals surface area contributed by atoms with Gasteiger partial charge in [-0.1, -0.05) is 35.9 Å². The first kappa shape index (κ1) is 11.1. The van der Waals surface area contributed by atoms with Gasteiger partial charge in [-0.3, -0.25) is 4.79 Å². The minimum atomic E-state index is -0.628. The average molecular weight is 260 g/mol. The van der Waals surface area contributed by atoms with Crippen molar-refractivity contribution in [2.45, 2.75) is 6.10 Å². The summed E-state index contributed by atoms with van der Waals surface area (Å²) in [7, 11) is 0. The molecule has 3 nitrogen and oxygen atoms in total. The van der Waals surface area contributed by atoms with Crippen LogP contribution in [0.5, 0.6) is 5.75 Å². The monoisotopic (exact) mass is 259 g/mol. The average Bonchev–Trinajstić information content (AvgIpc) is 2.39. The fourth-order valence-electron chi connectivity index (χ4n) is 1.91. The molecule has 0 saturated carbocycles. The van der Waals surface area contributed by atoms with Gasteiger partial charge < -0.3 is 10.1 Å². The molecular formula is C14H10ClNO2. The summed E-state index contributed by atoms with van der Waals surface area (Å²) in [5.74, 6) is 0.507. The molecule has 0 saturated heterocycles. The maximum Gasteiger partial charge on any atom is 0.270 e. The molecule has 1 aliphatic rings. The highest BCUT2D eigenvalue weighted by Crippen LogP contribution is 2.34. The molecule has 4 heteroatoms. The van der Waals surface area contributed by atoms with Crippen LogP contribution in [0.3, 0.4) is 0 Å². The summed E-state index contributed by atoms with van der Waals surface area (Å²) < 4.78 is 5.71. The third-order valence-corrected chi connectivity index (χ3v) is 3.05. The molecule has 1 heterocycles. The molecular weight excluding hydrogens is 250 g/mol. The second kappa shape index (κ2) is 4.35. The first-order valence-electron chi connectivity index (χ1n) is 5.56. The van der Waals surface area contributed by atoms with E-state index in [1.54, 1.807) is 24.3 Å². The van der Waals surface area contributed by atoms with E-state index in [2.05, 4.69) is 5.32 Å². The number of hydrogen-bond acceptors (Lipinski definition) is 2. The molecule has 1 atom stereocenters. The molecule has 18 heavy (non-hydrogen) atoms. The Morgan fingerprint density at radius 2 is 1.78 bits per heavy atom.